The molecule has 0 spiro atoms. The molecule has 0 aliphatic carbocycles. The van der Waals surface area contributed by atoms with Gasteiger partial charge in [-0.2, -0.15) is 0 Å². The first-order valence-electron chi connectivity index (χ1n) is 8.21. The Bertz CT molecular complexity index is 721. The van der Waals surface area contributed by atoms with E-state index in [4.69, 9.17) is 32.7 Å². The van der Waals surface area contributed by atoms with Gasteiger partial charge in [-0.25, -0.2) is 0 Å². The molecule has 0 aromatic heterocycles. The van der Waals surface area contributed by atoms with Crippen LogP contribution in [0.2, 0.25) is 10.0 Å². The molecular weight excluding hydrogens is 373 g/mol. The SMILES string of the molecule is CN=C(NCc1ccc(OCCOC)cc1)NCc1ccc(Cl)cc1Cl. The maximum absolute atomic E-state index is 6.18. The van der Waals surface area contributed by atoms with E-state index in [-0.39, 0.29) is 0 Å². The lowest BCUT2D eigenvalue weighted by Crippen LogP contribution is -2.36. The summed E-state index contributed by atoms with van der Waals surface area (Å²) >= 11 is 12.1. The minimum absolute atomic E-state index is 0.540. The smallest absolute Gasteiger partial charge is 0.191 e. The number of guanidine groups is 1. The average molecular weight is 396 g/mol. The summed E-state index contributed by atoms with van der Waals surface area (Å²) in [4.78, 5) is 4.22. The van der Waals surface area contributed by atoms with Gasteiger partial charge in [0.1, 0.15) is 12.4 Å². The minimum atomic E-state index is 0.540. The molecule has 2 rings (SSSR count). The van der Waals surface area contributed by atoms with E-state index in [0.29, 0.717) is 42.3 Å². The van der Waals surface area contributed by atoms with Gasteiger partial charge >= 0.3 is 0 Å². The molecule has 7 heteroatoms. The van der Waals surface area contributed by atoms with Crippen molar-refractivity contribution >= 4 is 29.2 Å². The largest absolute Gasteiger partial charge is 0.491 e. The van der Waals surface area contributed by atoms with Crippen molar-refractivity contribution in [3.8, 4) is 5.75 Å². The average Bonchev–Trinajstić information content (AvgIpc) is 2.64. The number of aliphatic imine (C=N–C) groups is 1. The van der Waals surface area contributed by atoms with E-state index < -0.39 is 0 Å². The number of hydrogen-bond donors (Lipinski definition) is 2. The zero-order valence-electron chi connectivity index (χ0n) is 14.9. The number of nitrogens with one attached hydrogen (secondary N) is 2. The highest BCUT2D eigenvalue weighted by molar-refractivity contribution is 6.35. The van der Waals surface area contributed by atoms with E-state index in [1.165, 1.54) is 0 Å². The lowest BCUT2D eigenvalue weighted by Gasteiger charge is -2.13. The molecule has 0 aliphatic heterocycles. The van der Waals surface area contributed by atoms with Crippen LogP contribution in [-0.4, -0.2) is 33.3 Å². The molecule has 0 saturated heterocycles. The molecule has 2 N–H and O–H groups in total. The summed E-state index contributed by atoms with van der Waals surface area (Å²) in [7, 11) is 3.38. The van der Waals surface area contributed by atoms with E-state index >= 15 is 0 Å². The molecule has 0 fully saturated rings. The van der Waals surface area contributed by atoms with Crippen molar-refractivity contribution < 1.29 is 9.47 Å². The highest BCUT2D eigenvalue weighted by Gasteiger charge is 2.04. The number of ether oxygens (including phenoxy) is 2. The van der Waals surface area contributed by atoms with Gasteiger partial charge in [0.05, 0.1) is 6.61 Å². The zero-order chi connectivity index (χ0) is 18.8. The van der Waals surface area contributed by atoms with Crippen molar-refractivity contribution in [1.82, 2.24) is 10.6 Å². The van der Waals surface area contributed by atoms with Crippen LogP contribution >= 0.6 is 23.2 Å². The third-order valence-corrected chi connectivity index (χ3v) is 4.21. The molecule has 140 valence electrons. The second kappa shape index (κ2) is 10.9. The first-order valence-corrected chi connectivity index (χ1v) is 8.97. The first kappa shape index (κ1) is 20.4. The van der Waals surface area contributed by atoms with Crippen molar-refractivity contribution in [2.24, 2.45) is 4.99 Å². The summed E-state index contributed by atoms with van der Waals surface area (Å²) in [5, 5.41) is 7.75. The van der Waals surface area contributed by atoms with Crippen LogP contribution in [0, 0.1) is 0 Å². The Hall–Kier alpha value is -1.95. The fourth-order valence-corrected chi connectivity index (χ4v) is 2.67. The quantitative estimate of drug-likeness (QED) is 0.404. The summed E-state index contributed by atoms with van der Waals surface area (Å²) in [6.45, 7) is 2.31. The molecule has 0 atom stereocenters. The van der Waals surface area contributed by atoms with Crippen LogP contribution < -0.4 is 15.4 Å². The highest BCUT2D eigenvalue weighted by atomic mass is 35.5. The Morgan fingerprint density at radius 2 is 1.73 bits per heavy atom. The van der Waals surface area contributed by atoms with Gasteiger partial charge in [0.25, 0.3) is 0 Å². The zero-order valence-corrected chi connectivity index (χ0v) is 16.4. The number of methoxy groups -OCH3 is 1. The predicted molar refractivity (Wildman–Crippen MR) is 107 cm³/mol. The molecule has 2 aromatic rings. The van der Waals surface area contributed by atoms with Crippen LogP contribution in [0.3, 0.4) is 0 Å². The first-order chi connectivity index (χ1) is 12.6. The molecule has 2 aromatic carbocycles. The standard InChI is InChI=1S/C19H23Cl2N3O2/c1-22-19(24-13-15-5-6-16(20)11-18(15)21)23-12-14-3-7-17(8-4-14)26-10-9-25-2/h3-8,11H,9-10,12-13H2,1-2H3,(H2,22,23,24). The molecule has 0 aliphatic rings. The Morgan fingerprint density at radius 1 is 1.00 bits per heavy atom. The number of benzene rings is 2. The van der Waals surface area contributed by atoms with Crippen LogP contribution in [0.4, 0.5) is 0 Å². The van der Waals surface area contributed by atoms with E-state index in [1.807, 2.05) is 36.4 Å². The fraction of sp³-hybridized carbons (Fsp3) is 0.316. The maximum Gasteiger partial charge on any atom is 0.191 e. The van der Waals surface area contributed by atoms with E-state index in [1.54, 1.807) is 20.2 Å². The summed E-state index contributed by atoms with van der Waals surface area (Å²) in [5.41, 5.74) is 2.08. The van der Waals surface area contributed by atoms with Crippen LogP contribution in [0.25, 0.3) is 0 Å². The molecule has 0 unspecified atom stereocenters. The Kier molecular flexibility index (Phi) is 8.54. The van der Waals surface area contributed by atoms with Crippen molar-refractivity contribution in [3.63, 3.8) is 0 Å². The summed E-state index contributed by atoms with van der Waals surface area (Å²) in [5.74, 6) is 1.52. The van der Waals surface area contributed by atoms with E-state index in [0.717, 1.165) is 16.9 Å². The topological polar surface area (TPSA) is 54.9 Å². The van der Waals surface area contributed by atoms with Gasteiger partial charge in [0.15, 0.2) is 5.96 Å². The minimum Gasteiger partial charge on any atom is -0.491 e. The normalized spacial score (nSPS) is 11.3. The van der Waals surface area contributed by atoms with Crippen molar-refractivity contribution in [2.45, 2.75) is 13.1 Å². The summed E-state index contributed by atoms with van der Waals surface area (Å²) < 4.78 is 10.5. The second-order valence-electron chi connectivity index (χ2n) is 5.50. The van der Waals surface area contributed by atoms with Crippen molar-refractivity contribution in [1.29, 1.82) is 0 Å². The number of halogens is 2. The number of nitrogens with zero attached hydrogens (tertiary/aromatic N) is 1. The van der Waals surface area contributed by atoms with Gasteiger partial charge in [0, 0.05) is 37.3 Å². The predicted octanol–water partition coefficient (Wildman–Crippen LogP) is 3.88. The molecule has 5 nitrogen and oxygen atoms in total. The highest BCUT2D eigenvalue weighted by Crippen LogP contribution is 2.20. The lowest BCUT2D eigenvalue weighted by molar-refractivity contribution is 0.146. The molecule has 0 amide bonds. The molecular formula is C19H23Cl2N3O2. The van der Waals surface area contributed by atoms with Crippen LogP contribution in [0.5, 0.6) is 5.75 Å². The summed E-state index contributed by atoms with van der Waals surface area (Å²) in [6.07, 6.45) is 0. The third kappa shape index (κ3) is 6.75. The van der Waals surface area contributed by atoms with Crippen LogP contribution in [0.15, 0.2) is 47.5 Å². The Balaban J connectivity index is 1.81. The molecule has 0 heterocycles. The fourth-order valence-electron chi connectivity index (χ4n) is 2.20. The van der Waals surface area contributed by atoms with Crippen molar-refractivity contribution in [3.05, 3.63) is 63.6 Å². The number of rotatable bonds is 8. The maximum atomic E-state index is 6.18. The third-order valence-electron chi connectivity index (χ3n) is 3.62. The van der Waals surface area contributed by atoms with E-state index in [2.05, 4.69) is 15.6 Å². The van der Waals surface area contributed by atoms with Gasteiger partial charge in [-0.15, -0.1) is 0 Å². The lowest BCUT2D eigenvalue weighted by atomic mass is 10.2. The van der Waals surface area contributed by atoms with Gasteiger partial charge in [-0.1, -0.05) is 41.4 Å². The Morgan fingerprint density at radius 3 is 2.38 bits per heavy atom. The molecule has 0 saturated carbocycles. The monoisotopic (exact) mass is 395 g/mol. The molecule has 26 heavy (non-hydrogen) atoms. The van der Waals surface area contributed by atoms with Crippen LogP contribution in [0.1, 0.15) is 11.1 Å². The van der Waals surface area contributed by atoms with Crippen LogP contribution in [-0.2, 0) is 17.8 Å². The molecule has 0 bridgehead atoms. The van der Waals surface area contributed by atoms with Gasteiger partial charge in [0.2, 0.25) is 0 Å². The molecule has 0 radical (unpaired) electrons. The van der Waals surface area contributed by atoms with Gasteiger partial charge in [-0.3, -0.25) is 4.99 Å². The van der Waals surface area contributed by atoms with Gasteiger partial charge < -0.3 is 20.1 Å². The van der Waals surface area contributed by atoms with E-state index in [9.17, 15) is 0 Å². The van der Waals surface area contributed by atoms with Crippen molar-refractivity contribution in [2.75, 3.05) is 27.4 Å². The number of hydrogen-bond acceptors (Lipinski definition) is 3. The van der Waals surface area contributed by atoms with Gasteiger partial charge in [-0.05, 0) is 35.4 Å². The summed E-state index contributed by atoms with van der Waals surface area (Å²) in [6, 6.07) is 13.3. The second-order valence-corrected chi connectivity index (χ2v) is 6.34. The Labute approximate surface area is 164 Å².